The van der Waals surface area contributed by atoms with Gasteiger partial charge >= 0.3 is 11.9 Å². The van der Waals surface area contributed by atoms with E-state index < -0.39 is 11.9 Å². The van der Waals surface area contributed by atoms with Gasteiger partial charge < -0.3 is 10.2 Å². The fourth-order valence-corrected chi connectivity index (χ4v) is 1.33. The van der Waals surface area contributed by atoms with Gasteiger partial charge in [0, 0.05) is 0 Å². The molecule has 0 aliphatic heterocycles. The van der Waals surface area contributed by atoms with Crippen LogP contribution in [-0.2, 0) is 9.59 Å². The third-order valence-corrected chi connectivity index (χ3v) is 2.38. The van der Waals surface area contributed by atoms with Crippen molar-refractivity contribution in [3.8, 4) is 0 Å². The average molecular weight is 264 g/mol. The number of unbranched alkanes of at least 4 members (excludes halogenated alkanes) is 5. The first kappa shape index (κ1) is 18.6. The zero-order valence-corrected chi connectivity index (χ0v) is 11.4. The molecular formula is C12H24O4S. The van der Waals surface area contributed by atoms with E-state index in [2.05, 4.69) is 19.6 Å². The molecule has 0 saturated carbocycles. The quantitative estimate of drug-likeness (QED) is 0.441. The number of hydrogen-bond acceptors (Lipinski definition) is 3. The summed E-state index contributed by atoms with van der Waals surface area (Å²) in [6.07, 6.45) is 7.67. The summed E-state index contributed by atoms with van der Waals surface area (Å²) in [5, 5.41) is 15.8. The third kappa shape index (κ3) is 25.5. The second-order valence-electron chi connectivity index (χ2n) is 3.78. The summed E-state index contributed by atoms with van der Waals surface area (Å²) in [5.74, 6) is -1.09. The van der Waals surface area contributed by atoms with Crippen LogP contribution in [0.15, 0.2) is 0 Å². The lowest BCUT2D eigenvalue weighted by molar-refractivity contribution is -0.143. The Bertz CT molecular complexity index is 175. The van der Waals surface area contributed by atoms with Gasteiger partial charge in [0.05, 0.1) is 12.8 Å². The lowest BCUT2D eigenvalue weighted by atomic mass is 10.1. The van der Waals surface area contributed by atoms with Crippen LogP contribution in [-0.4, -0.2) is 27.9 Å². The van der Waals surface area contributed by atoms with Gasteiger partial charge in [0.2, 0.25) is 0 Å². The molecule has 0 radical (unpaired) electrons. The van der Waals surface area contributed by atoms with E-state index in [4.69, 9.17) is 10.2 Å². The van der Waals surface area contributed by atoms with Gasteiger partial charge in [0.1, 0.15) is 0 Å². The molecule has 4 nitrogen and oxygen atoms in total. The van der Waals surface area contributed by atoms with Crippen molar-refractivity contribution in [1.29, 1.82) is 0 Å². The normalized spacial score (nSPS) is 9.29. The molecule has 0 heterocycles. The van der Waals surface area contributed by atoms with E-state index in [1.807, 2.05) is 0 Å². The van der Waals surface area contributed by atoms with Crippen molar-refractivity contribution in [2.24, 2.45) is 0 Å². The number of rotatable bonds is 9. The van der Waals surface area contributed by atoms with E-state index in [0.717, 1.165) is 5.75 Å². The maximum Gasteiger partial charge on any atom is 0.303 e. The van der Waals surface area contributed by atoms with E-state index in [-0.39, 0.29) is 12.8 Å². The molecule has 2 N–H and O–H groups in total. The van der Waals surface area contributed by atoms with E-state index in [0.29, 0.717) is 0 Å². The minimum Gasteiger partial charge on any atom is -0.481 e. The number of hydrogen-bond donors (Lipinski definition) is 3. The Morgan fingerprint density at radius 3 is 1.65 bits per heavy atom. The van der Waals surface area contributed by atoms with Crippen LogP contribution in [0.25, 0.3) is 0 Å². The molecule has 5 heteroatoms. The van der Waals surface area contributed by atoms with Crippen LogP contribution in [0.4, 0.5) is 0 Å². The van der Waals surface area contributed by atoms with E-state index in [1.165, 1.54) is 38.5 Å². The molecule has 0 aromatic rings. The van der Waals surface area contributed by atoms with Crippen molar-refractivity contribution in [2.45, 2.75) is 58.3 Å². The van der Waals surface area contributed by atoms with Gasteiger partial charge in [0.15, 0.2) is 0 Å². The second kappa shape index (κ2) is 15.3. The minimum absolute atomic E-state index is 0.296. The summed E-state index contributed by atoms with van der Waals surface area (Å²) in [6, 6.07) is 0. The first-order valence-corrected chi connectivity index (χ1v) is 6.72. The molecule has 0 rings (SSSR count). The summed E-state index contributed by atoms with van der Waals surface area (Å²) in [4.78, 5) is 19.3. The smallest absolute Gasteiger partial charge is 0.303 e. The zero-order chi connectivity index (χ0) is 13.5. The summed E-state index contributed by atoms with van der Waals surface area (Å²) in [5.41, 5.74) is 0. The highest BCUT2D eigenvalue weighted by Crippen LogP contribution is 2.04. The first-order chi connectivity index (χ1) is 8.04. The van der Waals surface area contributed by atoms with Crippen molar-refractivity contribution >= 4 is 24.6 Å². The molecule has 0 aliphatic carbocycles. The predicted molar refractivity (Wildman–Crippen MR) is 71.7 cm³/mol. The van der Waals surface area contributed by atoms with E-state index in [1.54, 1.807) is 0 Å². The highest BCUT2D eigenvalue weighted by atomic mass is 32.1. The predicted octanol–water partition coefficient (Wildman–Crippen LogP) is 3.21. The lowest BCUT2D eigenvalue weighted by Crippen LogP contribution is -2.00. The largest absolute Gasteiger partial charge is 0.481 e. The molecule has 0 saturated heterocycles. The Kier molecular flexibility index (Phi) is 16.8. The van der Waals surface area contributed by atoms with Crippen LogP contribution in [0.3, 0.4) is 0 Å². The summed E-state index contributed by atoms with van der Waals surface area (Å²) >= 11 is 4.15. The standard InChI is InChI=1S/C8H18S.C4H6O4/c1-2-3-4-5-6-7-8-9;5-3(6)1-2-4(7)8/h9H,2-8H2,1H3;1-2H2,(H,5,6)(H,7,8). The second-order valence-corrected chi connectivity index (χ2v) is 4.23. The van der Waals surface area contributed by atoms with Crippen molar-refractivity contribution in [3.05, 3.63) is 0 Å². The molecule has 17 heavy (non-hydrogen) atoms. The van der Waals surface area contributed by atoms with E-state index in [9.17, 15) is 9.59 Å². The highest BCUT2D eigenvalue weighted by molar-refractivity contribution is 7.80. The number of carboxylic acid groups (broad SMARTS) is 2. The van der Waals surface area contributed by atoms with Gasteiger partial charge in [-0.15, -0.1) is 0 Å². The lowest BCUT2D eigenvalue weighted by Gasteiger charge is -1.95. The summed E-state index contributed by atoms with van der Waals surface area (Å²) in [7, 11) is 0. The molecule has 0 unspecified atom stereocenters. The van der Waals surface area contributed by atoms with Gasteiger partial charge in [-0.3, -0.25) is 9.59 Å². The molecule has 0 bridgehead atoms. The van der Waals surface area contributed by atoms with Crippen molar-refractivity contribution in [3.63, 3.8) is 0 Å². The molecule has 0 aliphatic rings. The topological polar surface area (TPSA) is 74.6 Å². The molecule has 0 aromatic carbocycles. The molecule has 0 amide bonds. The van der Waals surface area contributed by atoms with Gasteiger partial charge in [0.25, 0.3) is 0 Å². The van der Waals surface area contributed by atoms with E-state index >= 15 is 0 Å². The van der Waals surface area contributed by atoms with Crippen LogP contribution in [0.5, 0.6) is 0 Å². The number of carboxylic acids is 2. The van der Waals surface area contributed by atoms with Crippen molar-refractivity contribution in [1.82, 2.24) is 0 Å². The van der Waals surface area contributed by atoms with Gasteiger partial charge in [-0.1, -0.05) is 39.0 Å². The Labute approximate surface area is 109 Å². The monoisotopic (exact) mass is 264 g/mol. The highest BCUT2D eigenvalue weighted by Gasteiger charge is 2.00. The molecule has 0 atom stereocenters. The number of thiol groups is 1. The van der Waals surface area contributed by atoms with Crippen molar-refractivity contribution in [2.75, 3.05) is 5.75 Å². The molecule has 102 valence electrons. The fraction of sp³-hybridized carbons (Fsp3) is 0.833. The molecule has 0 aromatic heterocycles. The Morgan fingerprint density at radius 1 is 0.882 bits per heavy atom. The Balaban J connectivity index is 0. The van der Waals surface area contributed by atoms with Crippen LogP contribution in [0.1, 0.15) is 58.3 Å². The van der Waals surface area contributed by atoms with Crippen LogP contribution in [0.2, 0.25) is 0 Å². The van der Waals surface area contributed by atoms with Crippen molar-refractivity contribution < 1.29 is 19.8 Å². The summed E-state index contributed by atoms with van der Waals surface area (Å²) < 4.78 is 0. The zero-order valence-electron chi connectivity index (χ0n) is 10.5. The van der Waals surface area contributed by atoms with Gasteiger partial charge in [-0.05, 0) is 12.2 Å². The molecular weight excluding hydrogens is 240 g/mol. The van der Waals surface area contributed by atoms with Gasteiger partial charge in [-0.25, -0.2) is 0 Å². The fourth-order valence-electron chi connectivity index (χ4n) is 1.11. The molecule has 0 fully saturated rings. The first-order valence-electron chi connectivity index (χ1n) is 6.09. The van der Waals surface area contributed by atoms with Crippen LogP contribution in [0, 0.1) is 0 Å². The Morgan fingerprint density at radius 2 is 1.29 bits per heavy atom. The third-order valence-electron chi connectivity index (χ3n) is 2.06. The SMILES string of the molecule is CCCCCCCCS.O=C(O)CCC(=O)O. The number of aliphatic carboxylic acids is 2. The number of carbonyl (C=O) groups is 2. The van der Waals surface area contributed by atoms with Crippen LogP contribution < -0.4 is 0 Å². The van der Waals surface area contributed by atoms with Gasteiger partial charge in [-0.2, -0.15) is 12.6 Å². The molecule has 0 spiro atoms. The summed E-state index contributed by atoms with van der Waals surface area (Å²) in [6.45, 7) is 2.25. The minimum atomic E-state index is -1.08. The maximum absolute atomic E-state index is 9.64. The maximum atomic E-state index is 9.64. The average Bonchev–Trinajstić information content (AvgIpc) is 2.27. The Hall–Kier alpha value is -0.710. The van der Waals surface area contributed by atoms with Crippen LogP contribution >= 0.6 is 12.6 Å².